The minimum Gasteiger partial charge on any atom is -0.446 e. The Balaban J connectivity index is 1.40. The zero-order valence-electron chi connectivity index (χ0n) is 18.0. The fraction of sp³-hybridized carbons (Fsp3) is 0.524. The molecule has 9 nitrogen and oxygen atoms in total. The van der Waals surface area contributed by atoms with Crippen molar-refractivity contribution in [1.82, 2.24) is 15.5 Å². The fourth-order valence-corrected chi connectivity index (χ4v) is 5.70. The predicted octanol–water partition coefficient (Wildman–Crippen LogP) is 3.15. The van der Waals surface area contributed by atoms with Crippen LogP contribution >= 0.6 is 0 Å². The van der Waals surface area contributed by atoms with Gasteiger partial charge in [0.05, 0.1) is 16.3 Å². The van der Waals surface area contributed by atoms with Crippen molar-refractivity contribution >= 4 is 33.1 Å². The zero-order chi connectivity index (χ0) is 22.2. The van der Waals surface area contributed by atoms with Crippen molar-refractivity contribution in [1.29, 1.82) is 0 Å². The Kier molecular flexibility index (Phi) is 5.83. The molecule has 3 N–H and O–H groups in total. The maximum Gasteiger partial charge on any atom is 0.407 e. The molecule has 1 aliphatic heterocycles. The lowest BCUT2D eigenvalue weighted by molar-refractivity contribution is 0.0981. The number of carbonyl (C=O) groups is 1. The van der Waals surface area contributed by atoms with Crippen molar-refractivity contribution in [3.63, 3.8) is 0 Å². The summed E-state index contributed by atoms with van der Waals surface area (Å²) in [5.74, 6) is 1.05. The summed E-state index contributed by atoms with van der Waals surface area (Å²) in [7, 11) is -1.33. The molecular weight excluding hydrogens is 418 g/mol. The molecule has 1 aliphatic carbocycles. The Morgan fingerprint density at radius 2 is 2.10 bits per heavy atom. The average Bonchev–Trinajstić information content (AvgIpc) is 3.34. The number of H-pyrrole nitrogens is 1. The molecule has 10 heteroatoms. The standard InChI is InChI=1S/C21H29N5O4S/c1-13(2)22-21(27)30-16-6-4-14(10-16)17-12-20(25-24-17)23-15-5-7-19-18(11-15)26(3)8-9-31(19,28)29/h5,7,11-14,16H,4,6,8-10H2,1-3H3,(H,22,27)(H2,23,24,25)/t14-,16+/m0/s1. The minimum absolute atomic E-state index is 0.0504. The topological polar surface area (TPSA) is 116 Å². The lowest BCUT2D eigenvalue weighted by Crippen LogP contribution is -2.33. The first kappa shape index (κ1) is 21.5. The van der Waals surface area contributed by atoms with E-state index in [2.05, 4.69) is 20.8 Å². The third-order valence-electron chi connectivity index (χ3n) is 5.78. The van der Waals surface area contributed by atoms with Gasteiger partial charge in [-0.05, 0) is 51.3 Å². The Morgan fingerprint density at radius 1 is 1.29 bits per heavy atom. The van der Waals surface area contributed by atoms with Gasteiger partial charge in [-0.15, -0.1) is 0 Å². The molecule has 1 aromatic carbocycles. The maximum atomic E-state index is 12.3. The number of nitrogens with one attached hydrogen (secondary N) is 3. The number of anilines is 3. The van der Waals surface area contributed by atoms with Gasteiger partial charge in [0.25, 0.3) is 0 Å². The molecule has 168 valence electrons. The van der Waals surface area contributed by atoms with Crippen LogP contribution in [0, 0.1) is 0 Å². The molecule has 31 heavy (non-hydrogen) atoms. The second-order valence-electron chi connectivity index (χ2n) is 8.59. The monoisotopic (exact) mass is 447 g/mol. The summed E-state index contributed by atoms with van der Waals surface area (Å²) >= 11 is 0. The van der Waals surface area contributed by atoms with Crippen LogP contribution in [0.2, 0.25) is 0 Å². The van der Waals surface area contributed by atoms with Gasteiger partial charge < -0.3 is 20.3 Å². The van der Waals surface area contributed by atoms with Gasteiger partial charge in [-0.3, -0.25) is 5.10 Å². The second kappa shape index (κ2) is 8.41. The van der Waals surface area contributed by atoms with E-state index in [0.29, 0.717) is 22.9 Å². The summed E-state index contributed by atoms with van der Waals surface area (Å²) in [6.07, 6.45) is 2.04. The maximum absolute atomic E-state index is 12.3. The van der Waals surface area contributed by atoms with E-state index in [-0.39, 0.29) is 29.9 Å². The van der Waals surface area contributed by atoms with Crippen LogP contribution in [0.15, 0.2) is 29.2 Å². The number of carbonyl (C=O) groups excluding carboxylic acids is 1. The highest BCUT2D eigenvalue weighted by Gasteiger charge is 2.30. The lowest BCUT2D eigenvalue weighted by atomic mass is 10.0. The highest BCUT2D eigenvalue weighted by Crippen LogP contribution is 2.37. The number of fused-ring (bicyclic) bond motifs is 1. The first-order valence-electron chi connectivity index (χ1n) is 10.6. The number of sulfone groups is 1. The Morgan fingerprint density at radius 3 is 2.87 bits per heavy atom. The molecule has 0 bridgehead atoms. The zero-order valence-corrected chi connectivity index (χ0v) is 18.8. The number of aromatic nitrogens is 2. The van der Waals surface area contributed by atoms with Crippen LogP contribution in [0.25, 0.3) is 0 Å². The number of hydrogen-bond donors (Lipinski definition) is 3. The normalized spacial score (nSPS) is 22.3. The van der Waals surface area contributed by atoms with Crippen molar-refractivity contribution in [3.05, 3.63) is 30.0 Å². The van der Waals surface area contributed by atoms with Crippen molar-refractivity contribution in [2.75, 3.05) is 29.6 Å². The van der Waals surface area contributed by atoms with Crippen LogP contribution < -0.4 is 15.5 Å². The minimum atomic E-state index is -3.22. The van der Waals surface area contributed by atoms with E-state index in [4.69, 9.17) is 4.74 Å². The summed E-state index contributed by atoms with van der Waals surface area (Å²) in [5.41, 5.74) is 2.47. The van der Waals surface area contributed by atoms with E-state index in [1.807, 2.05) is 37.9 Å². The third-order valence-corrected chi connectivity index (χ3v) is 7.51. The SMILES string of the molecule is CC(C)NC(=O)O[C@@H]1CC[C@H](c2cc(Nc3ccc4c(c3)N(C)CCS4(=O)=O)n[nH]2)C1. The third kappa shape index (κ3) is 4.79. The Bertz CT molecular complexity index is 1070. The number of aromatic amines is 1. The van der Waals surface area contributed by atoms with E-state index >= 15 is 0 Å². The van der Waals surface area contributed by atoms with Crippen molar-refractivity contribution in [3.8, 4) is 0 Å². The van der Waals surface area contributed by atoms with Gasteiger partial charge in [0.1, 0.15) is 6.10 Å². The summed E-state index contributed by atoms with van der Waals surface area (Å²) in [6, 6.07) is 7.26. The molecule has 1 fully saturated rings. The number of benzene rings is 1. The molecule has 1 aromatic heterocycles. The van der Waals surface area contributed by atoms with Gasteiger partial charge in [0.2, 0.25) is 0 Å². The first-order chi connectivity index (χ1) is 14.7. The predicted molar refractivity (Wildman–Crippen MR) is 119 cm³/mol. The molecule has 0 saturated heterocycles. The van der Waals surface area contributed by atoms with E-state index < -0.39 is 9.84 Å². The van der Waals surface area contributed by atoms with E-state index in [1.165, 1.54) is 0 Å². The van der Waals surface area contributed by atoms with Gasteiger partial charge in [0, 0.05) is 43.0 Å². The van der Waals surface area contributed by atoms with Crippen LogP contribution in [0.4, 0.5) is 22.0 Å². The van der Waals surface area contributed by atoms with Crippen LogP contribution in [0.5, 0.6) is 0 Å². The highest BCUT2D eigenvalue weighted by atomic mass is 32.2. The highest BCUT2D eigenvalue weighted by molar-refractivity contribution is 7.91. The van der Waals surface area contributed by atoms with E-state index in [9.17, 15) is 13.2 Å². The molecule has 4 rings (SSSR count). The van der Waals surface area contributed by atoms with Crippen LogP contribution in [0.1, 0.15) is 44.7 Å². The van der Waals surface area contributed by atoms with Gasteiger partial charge >= 0.3 is 6.09 Å². The number of hydrogen-bond acceptors (Lipinski definition) is 7. The van der Waals surface area contributed by atoms with Crippen molar-refractivity contribution < 1.29 is 17.9 Å². The smallest absolute Gasteiger partial charge is 0.407 e. The molecule has 0 spiro atoms. The summed E-state index contributed by atoms with van der Waals surface area (Å²) < 4.78 is 30.1. The molecule has 0 unspecified atom stereocenters. The Hall–Kier alpha value is -2.75. The van der Waals surface area contributed by atoms with Gasteiger partial charge in [-0.25, -0.2) is 13.2 Å². The molecule has 2 aromatic rings. The van der Waals surface area contributed by atoms with E-state index in [1.54, 1.807) is 12.1 Å². The van der Waals surface area contributed by atoms with Crippen LogP contribution in [-0.2, 0) is 14.6 Å². The lowest BCUT2D eigenvalue weighted by Gasteiger charge is -2.27. The number of ether oxygens (including phenoxy) is 1. The largest absolute Gasteiger partial charge is 0.446 e. The van der Waals surface area contributed by atoms with Gasteiger partial charge in [-0.2, -0.15) is 5.10 Å². The fourth-order valence-electron chi connectivity index (χ4n) is 4.15. The number of nitrogens with zero attached hydrogens (tertiary/aromatic N) is 2. The van der Waals surface area contributed by atoms with Crippen molar-refractivity contribution in [2.45, 2.75) is 56.1 Å². The molecule has 1 amide bonds. The molecule has 0 radical (unpaired) electrons. The summed E-state index contributed by atoms with van der Waals surface area (Å²) in [5, 5.41) is 13.4. The molecule has 2 heterocycles. The molecule has 2 aliphatic rings. The second-order valence-corrected chi connectivity index (χ2v) is 10.7. The quantitative estimate of drug-likeness (QED) is 0.645. The Labute approximate surface area is 182 Å². The molecule has 1 saturated carbocycles. The van der Waals surface area contributed by atoms with Crippen molar-refractivity contribution in [2.24, 2.45) is 0 Å². The summed E-state index contributed by atoms with van der Waals surface area (Å²) in [4.78, 5) is 14.1. The number of rotatable bonds is 5. The van der Waals surface area contributed by atoms with Crippen LogP contribution in [0.3, 0.4) is 0 Å². The molecule has 2 atom stereocenters. The number of amides is 1. The van der Waals surface area contributed by atoms with E-state index in [0.717, 1.165) is 30.6 Å². The average molecular weight is 448 g/mol. The van der Waals surface area contributed by atoms with Gasteiger partial charge in [-0.1, -0.05) is 0 Å². The van der Waals surface area contributed by atoms with Crippen LogP contribution in [-0.4, -0.2) is 56.2 Å². The first-order valence-corrected chi connectivity index (χ1v) is 12.2. The molecular formula is C21H29N5O4S. The van der Waals surface area contributed by atoms with Gasteiger partial charge in [0.15, 0.2) is 15.7 Å². The summed E-state index contributed by atoms with van der Waals surface area (Å²) in [6.45, 7) is 4.28. The number of alkyl carbamates (subject to hydrolysis) is 1.